The second kappa shape index (κ2) is 16.2. The quantitative estimate of drug-likeness (QED) is 0.201. The summed E-state index contributed by atoms with van der Waals surface area (Å²) in [6, 6.07) is 10.2. The van der Waals surface area contributed by atoms with Gasteiger partial charge in [0.05, 0.1) is 37.7 Å². The van der Waals surface area contributed by atoms with Gasteiger partial charge in [0.2, 0.25) is 5.91 Å². The third kappa shape index (κ3) is 7.50. The van der Waals surface area contributed by atoms with E-state index in [2.05, 4.69) is 65.5 Å². The fourth-order valence-corrected chi connectivity index (χ4v) is 14.5. The van der Waals surface area contributed by atoms with Crippen molar-refractivity contribution in [2.75, 3.05) is 39.4 Å². The summed E-state index contributed by atoms with van der Waals surface area (Å²) in [6.45, 7) is 22.8. The van der Waals surface area contributed by atoms with Crippen molar-refractivity contribution in [1.82, 2.24) is 9.80 Å². The van der Waals surface area contributed by atoms with E-state index in [4.69, 9.17) is 9.47 Å². The third-order valence-corrected chi connectivity index (χ3v) is 17.9. The SMILES string of the molecule is CC(C)C1=C2[C@H]3CCC4[C@@]5(C)CC[C@H](OC(=O)CC(C)(C)C(=O)O)C(C)(C)[C@@H]5CC[C@@]4(C)[C@]3(C)CC[C@@]2([C@@H](O)CN(CC(=O)N2CCOCC2)Cc2ccccc2)CC1=O. The summed E-state index contributed by atoms with van der Waals surface area (Å²) in [7, 11) is 0. The molecular formula is C50H74N2O8. The second-order valence-electron chi connectivity index (χ2n) is 22.2. The zero-order valence-corrected chi connectivity index (χ0v) is 38.1. The number of carbonyl (C=O) groups excluding carboxylic acids is 3. The van der Waals surface area contributed by atoms with E-state index in [1.54, 1.807) is 13.8 Å². The minimum Gasteiger partial charge on any atom is -0.481 e. The molecular weight excluding hydrogens is 757 g/mol. The summed E-state index contributed by atoms with van der Waals surface area (Å²) in [5, 5.41) is 22.5. The zero-order valence-electron chi connectivity index (χ0n) is 38.1. The van der Waals surface area contributed by atoms with Crippen molar-refractivity contribution < 1.29 is 38.9 Å². The standard InChI is InChI=1S/C50H74N2O8/c1-32(2)42-35(53)27-50(38(54)30-51(29-33-13-11-10-12-14-33)31-40(55)52-23-25-59-26-24-52)22-21-48(8)34(43(42)50)15-16-37-47(7)19-18-39(60-41(56)28-45(3,4)44(57)58)46(5,6)36(47)17-20-49(37,48)9/h10-14,32,34,36-39,54H,15-31H2,1-9H3,(H,57,58)/t34-,36+,37?,38+,39+,47+,48-,49-,50+/m1/s1. The molecule has 1 aromatic carbocycles. The number of hydrogen-bond donors (Lipinski definition) is 2. The maximum atomic E-state index is 14.4. The van der Waals surface area contributed by atoms with Gasteiger partial charge in [-0.05, 0) is 116 Å². The summed E-state index contributed by atoms with van der Waals surface area (Å²) in [5.41, 5.74) is 1.07. The molecule has 6 aliphatic rings. The number of nitrogens with zero attached hydrogens (tertiary/aromatic N) is 2. The molecule has 1 aromatic rings. The number of aliphatic carboxylic acids is 1. The lowest BCUT2D eigenvalue weighted by atomic mass is 9.33. The van der Waals surface area contributed by atoms with Gasteiger partial charge in [0.25, 0.3) is 0 Å². The number of hydrogen-bond acceptors (Lipinski definition) is 8. The molecule has 5 fully saturated rings. The molecule has 4 saturated carbocycles. The lowest BCUT2D eigenvalue weighted by molar-refractivity contribution is -0.235. The third-order valence-electron chi connectivity index (χ3n) is 17.9. The molecule has 0 bridgehead atoms. The van der Waals surface area contributed by atoms with Crippen LogP contribution >= 0.6 is 0 Å². The van der Waals surface area contributed by atoms with Crippen LogP contribution in [0.25, 0.3) is 0 Å². The average Bonchev–Trinajstić information content (AvgIpc) is 3.50. The van der Waals surface area contributed by atoms with Gasteiger partial charge < -0.3 is 24.6 Å². The van der Waals surface area contributed by atoms with E-state index < -0.39 is 28.9 Å². The van der Waals surface area contributed by atoms with Crippen molar-refractivity contribution in [3.63, 3.8) is 0 Å². The Kier molecular flexibility index (Phi) is 12.2. The average molecular weight is 831 g/mol. The van der Waals surface area contributed by atoms with Crippen molar-refractivity contribution in [2.24, 2.45) is 56.2 Å². The molecule has 5 aliphatic carbocycles. The zero-order chi connectivity index (χ0) is 43.6. The van der Waals surface area contributed by atoms with Crippen molar-refractivity contribution >= 4 is 23.6 Å². The van der Waals surface area contributed by atoms with Gasteiger partial charge >= 0.3 is 11.9 Å². The Bertz CT molecular complexity index is 1850. The molecule has 1 amide bonds. The summed E-state index contributed by atoms with van der Waals surface area (Å²) in [6.07, 6.45) is 6.55. The first-order valence-electron chi connectivity index (χ1n) is 23.1. The van der Waals surface area contributed by atoms with E-state index in [0.717, 1.165) is 62.5 Å². The highest BCUT2D eigenvalue weighted by Gasteiger charge is 2.71. The van der Waals surface area contributed by atoms with Gasteiger partial charge in [-0.3, -0.25) is 24.1 Å². The Morgan fingerprint density at radius 1 is 0.917 bits per heavy atom. The molecule has 0 radical (unpaired) electrons. The fraction of sp³-hybridized carbons (Fsp3) is 0.760. The van der Waals surface area contributed by atoms with E-state index >= 15 is 0 Å². The minimum absolute atomic E-state index is 0.00592. The molecule has 1 unspecified atom stereocenters. The molecule has 0 spiro atoms. The number of carbonyl (C=O) groups is 4. The molecule has 10 nitrogen and oxygen atoms in total. The van der Waals surface area contributed by atoms with Crippen molar-refractivity contribution in [3.8, 4) is 0 Å². The molecule has 10 heteroatoms. The van der Waals surface area contributed by atoms with Crippen LogP contribution < -0.4 is 0 Å². The van der Waals surface area contributed by atoms with Crippen LogP contribution in [0.5, 0.6) is 0 Å². The van der Waals surface area contributed by atoms with Crippen molar-refractivity contribution in [3.05, 3.63) is 47.0 Å². The number of amides is 1. The number of esters is 1. The van der Waals surface area contributed by atoms with E-state index in [1.807, 2.05) is 23.1 Å². The molecule has 1 heterocycles. The van der Waals surface area contributed by atoms with E-state index in [0.29, 0.717) is 57.6 Å². The first-order valence-corrected chi connectivity index (χ1v) is 23.1. The largest absolute Gasteiger partial charge is 0.481 e. The van der Waals surface area contributed by atoms with Gasteiger partial charge in [0.1, 0.15) is 6.10 Å². The number of Topliss-reactive ketones (excluding diaryl/α,β-unsaturated/α-hetero) is 1. The number of carboxylic acids is 1. The lowest BCUT2D eigenvalue weighted by Crippen LogP contribution is -2.66. The number of carboxylic acid groups (broad SMARTS) is 1. The van der Waals surface area contributed by atoms with Crippen LogP contribution in [0.4, 0.5) is 0 Å². The van der Waals surface area contributed by atoms with Crippen LogP contribution in [-0.4, -0.2) is 95.2 Å². The second-order valence-corrected chi connectivity index (χ2v) is 22.2. The molecule has 1 saturated heterocycles. The number of ketones is 1. The normalized spacial score (nSPS) is 35.7. The van der Waals surface area contributed by atoms with Gasteiger partial charge in [0, 0.05) is 43.4 Å². The van der Waals surface area contributed by atoms with Gasteiger partial charge in [-0.2, -0.15) is 0 Å². The molecule has 332 valence electrons. The summed E-state index contributed by atoms with van der Waals surface area (Å²) in [5.74, 6) is -0.205. The summed E-state index contributed by atoms with van der Waals surface area (Å²) in [4.78, 5) is 57.1. The molecule has 7 rings (SSSR count). The number of benzene rings is 1. The monoisotopic (exact) mass is 831 g/mol. The topological polar surface area (TPSA) is 134 Å². The lowest BCUT2D eigenvalue weighted by Gasteiger charge is -2.72. The van der Waals surface area contributed by atoms with E-state index in [9.17, 15) is 29.4 Å². The maximum absolute atomic E-state index is 14.4. The summed E-state index contributed by atoms with van der Waals surface area (Å²) >= 11 is 0. The smallest absolute Gasteiger partial charge is 0.309 e. The molecule has 2 N–H and O–H groups in total. The summed E-state index contributed by atoms with van der Waals surface area (Å²) < 4.78 is 11.7. The highest BCUT2D eigenvalue weighted by molar-refractivity contribution is 6.00. The number of allylic oxidation sites excluding steroid dienone is 1. The number of fused-ring (bicyclic) bond motifs is 7. The van der Waals surface area contributed by atoms with Crippen LogP contribution in [0.15, 0.2) is 41.5 Å². The molecule has 60 heavy (non-hydrogen) atoms. The maximum Gasteiger partial charge on any atom is 0.309 e. The highest BCUT2D eigenvalue weighted by Crippen LogP contribution is 2.77. The predicted octanol–water partition coefficient (Wildman–Crippen LogP) is 8.10. The van der Waals surface area contributed by atoms with Crippen LogP contribution in [-0.2, 0) is 35.2 Å². The Morgan fingerprint density at radius 2 is 1.60 bits per heavy atom. The Balaban J connectivity index is 1.16. The van der Waals surface area contributed by atoms with E-state index in [1.165, 1.54) is 5.57 Å². The van der Waals surface area contributed by atoms with E-state index in [-0.39, 0.29) is 64.3 Å². The first-order chi connectivity index (χ1) is 28.1. The van der Waals surface area contributed by atoms with Gasteiger partial charge in [-0.25, -0.2) is 0 Å². The van der Waals surface area contributed by atoms with Gasteiger partial charge in [-0.15, -0.1) is 0 Å². The molecule has 0 aromatic heterocycles. The Hall–Kier alpha value is -3.08. The number of ether oxygens (including phenoxy) is 2. The number of morpholine rings is 1. The van der Waals surface area contributed by atoms with Gasteiger partial charge in [0.15, 0.2) is 5.78 Å². The molecule has 1 aliphatic heterocycles. The van der Waals surface area contributed by atoms with Gasteiger partial charge in [-0.1, -0.05) is 84.4 Å². The predicted molar refractivity (Wildman–Crippen MR) is 230 cm³/mol. The first kappa shape index (κ1) is 45.0. The van der Waals surface area contributed by atoms with Crippen LogP contribution in [0.1, 0.15) is 132 Å². The fourth-order valence-electron chi connectivity index (χ4n) is 14.5. The Morgan fingerprint density at radius 3 is 2.25 bits per heavy atom. The highest BCUT2D eigenvalue weighted by atomic mass is 16.5. The van der Waals surface area contributed by atoms with Crippen LogP contribution in [0.3, 0.4) is 0 Å². The Labute approximate surface area is 359 Å². The molecule has 9 atom stereocenters. The number of aliphatic hydroxyl groups excluding tert-OH is 1. The van der Waals surface area contributed by atoms with Crippen LogP contribution in [0, 0.1) is 56.2 Å². The van der Waals surface area contributed by atoms with Crippen molar-refractivity contribution in [2.45, 2.75) is 145 Å². The number of rotatable bonds is 12. The minimum atomic E-state index is -1.18. The van der Waals surface area contributed by atoms with Crippen molar-refractivity contribution in [1.29, 1.82) is 0 Å². The van der Waals surface area contributed by atoms with Crippen LogP contribution in [0.2, 0.25) is 0 Å². The number of aliphatic hydroxyl groups is 1.